The first kappa shape index (κ1) is 12.4. The number of thiazole rings is 1. The highest BCUT2D eigenvalue weighted by Crippen LogP contribution is 2.23. The summed E-state index contributed by atoms with van der Waals surface area (Å²) in [6.07, 6.45) is 3.81. The Labute approximate surface area is 114 Å². The summed E-state index contributed by atoms with van der Waals surface area (Å²) in [7, 11) is 0. The molecule has 3 rings (SSSR count). The lowest BCUT2D eigenvalue weighted by Gasteiger charge is -2.09. The lowest BCUT2D eigenvalue weighted by atomic mass is 10.2. The summed E-state index contributed by atoms with van der Waals surface area (Å²) in [4.78, 5) is 16.2. The third kappa shape index (κ3) is 2.85. The van der Waals surface area contributed by atoms with E-state index >= 15 is 0 Å². The Morgan fingerprint density at radius 1 is 1.58 bits per heavy atom. The predicted molar refractivity (Wildman–Crippen MR) is 71.1 cm³/mol. The van der Waals surface area contributed by atoms with E-state index < -0.39 is 0 Å². The van der Waals surface area contributed by atoms with Crippen LogP contribution in [0.4, 0.5) is 0 Å². The maximum atomic E-state index is 11.9. The zero-order chi connectivity index (χ0) is 13.1. The molecule has 1 atom stereocenters. The van der Waals surface area contributed by atoms with E-state index in [4.69, 9.17) is 9.15 Å². The van der Waals surface area contributed by atoms with Crippen LogP contribution in [0.5, 0.6) is 0 Å². The Balaban J connectivity index is 1.60. The molecule has 0 spiro atoms. The third-order valence-corrected chi connectivity index (χ3v) is 3.84. The molecule has 0 aliphatic carbocycles. The normalized spacial score (nSPS) is 18.6. The van der Waals surface area contributed by atoms with Crippen molar-refractivity contribution < 1.29 is 13.9 Å². The zero-order valence-corrected chi connectivity index (χ0v) is 11.1. The quantitative estimate of drug-likeness (QED) is 0.932. The van der Waals surface area contributed by atoms with Crippen LogP contribution in [0.1, 0.15) is 23.3 Å². The van der Waals surface area contributed by atoms with Crippen LogP contribution in [0.3, 0.4) is 0 Å². The highest BCUT2D eigenvalue weighted by atomic mass is 32.1. The summed E-state index contributed by atoms with van der Waals surface area (Å²) in [5.41, 5.74) is 0.425. The van der Waals surface area contributed by atoms with E-state index in [2.05, 4.69) is 10.3 Å². The van der Waals surface area contributed by atoms with E-state index in [-0.39, 0.29) is 12.0 Å². The van der Waals surface area contributed by atoms with Crippen LogP contribution < -0.4 is 5.32 Å². The lowest BCUT2D eigenvalue weighted by Crippen LogP contribution is -2.31. The van der Waals surface area contributed by atoms with Gasteiger partial charge in [0.05, 0.1) is 12.4 Å². The Morgan fingerprint density at radius 3 is 3.26 bits per heavy atom. The maximum Gasteiger partial charge on any atom is 0.270 e. The van der Waals surface area contributed by atoms with Gasteiger partial charge in [-0.3, -0.25) is 4.79 Å². The van der Waals surface area contributed by atoms with Gasteiger partial charge in [0.15, 0.2) is 10.8 Å². The smallest absolute Gasteiger partial charge is 0.270 e. The Kier molecular flexibility index (Phi) is 3.61. The predicted octanol–water partition coefficient (Wildman–Crippen LogP) is 2.31. The van der Waals surface area contributed by atoms with Gasteiger partial charge in [-0.05, 0) is 25.0 Å². The van der Waals surface area contributed by atoms with Crippen LogP contribution in [0.15, 0.2) is 28.2 Å². The second-order valence-electron chi connectivity index (χ2n) is 4.36. The summed E-state index contributed by atoms with van der Waals surface area (Å²) in [5.74, 6) is 0.521. The molecule has 1 unspecified atom stereocenters. The van der Waals surface area contributed by atoms with E-state index in [1.54, 1.807) is 17.7 Å². The molecule has 1 aliphatic heterocycles. The molecule has 1 fully saturated rings. The van der Waals surface area contributed by atoms with Crippen LogP contribution in [0, 0.1) is 0 Å². The first-order valence-corrected chi connectivity index (χ1v) is 7.10. The number of nitrogens with one attached hydrogen (secondary N) is 1. The molecule has 5 nitrogen and oxygen atoms in total. The van der Waals surface area contributed by atoms with Crippen LogP contribution in [-0.2, 0) is 4.74 Å². The van der Waals surface area contributed by atoms with Gasteiger partial charge in [0.1, 0.15) is 5.69 Å². The molecule has 2 aromatic heterocycles. The molecule has 1 saturated heterocycles. The molecule has 3 heterocycles. The van der Waals surface area contributed by atoms with Crippen LogP contribution in [0.25, 0.3) is 10.8 Å². The number of ether oxygens (including phenoxy) is 1. The van der Waals surface area contributed by atoms with Gasteiger partial charge in [-0.25, -0.2) is 4.98 Å². The Bertz CT molecular complexity index is 544. The van der Waals surface area contributed by atoms with Gasteiger partial charge in [0, 0.05) is 18.5 Å². The molecule has 1 aliphatic rings. The molecular formula is C13H14N2O3S. The largest absolute Gasteiger partial charge is 0.462 e. The molecule has 0 saturated carbocycles. The monoisotopic (exact) mass is 278 g/mol. The molecule has 1 N–H and O–H groups in total. The number of furan rings is 1. The molecule has 1 amide bonds. The SMILES string of the molecule is O=C(NCC1CCCO1)c1csc(-c2ccco2)n1. The van der Waals surface area contributed by atoms with Crippen molar-refractivity contribution in [3.8, 4) is 10.8 Å². The van der Waals surface area contributed by atoms with Crippen molar-refractivity contribution in [3.05, 3.63) is 29.5 Å². The van der Waals surface area contributed by atoms with Gasteiger partial charge in [0.2, 0.25) is 0 Å². The van der Waals surface area contributed by atoms with Crippen LogP contribution >= 0.6 is 11.3 Å². The zero-order valence-electron chi connectivity index (χ0n) is 10.3. The van der Waals surface area contributed by atoms with Crippen molar-refractivity contribution in [3.63, 3.8) is 0 Å². The molecule has 2 aromatic rings. The molecule has 100 valence electrons. The van der Waals surface area contributed by atoms with Crippen molar-refractivity contribution in [1.29, 1.82) is 0 Å². The average Bonchev–Trinajstić information content (AvgIpc) is 3.14. The van der Waals surface area contributed by atoms with Gasteiger partial charge >= 0.3 is 0 Å². The van der Waals surface area contributed by atoms with Gasteiger partial charge in [-0.1, -0.05) is 0 Å². The van der Waals surface area contributed by atoms with Gasteiger partial charge in [-0.2, -0.15) is 0 Å². The fourth-order valence-electron chi connectivity index (χ4n) is 1.99. The standard InChI is InChI=1S/C13H14N2O3S/c16-12(14-7-9-3-1-5-17-9)10-8-19-13(15-10)11-4-2-6-18-11/h2,4,6,8-9H,1,3,5,7H2,(H,14,16). The minimum absolute atomic E-state index is 0.145. The van der Waals surface area contributed by atoms with Crippen molar-refractivity contribution in [2.24, 2.45) is 0 Å². The summed E-state index contributed by atoms with van der Waals surface area (Å²) in [5, 5.41) is 5.30. The first-order chi connectivity index (χ1) is 9.33. The molecule has 19 heavy (non-hydrogen) atoms. The Hall–Kier alpha value is -1.66. The lowest BCUT2D eigenvalue weighted by molar-refractivity contribution is 0.0854. The number of carbonyl (C=O) groups excluding carboxylic acids is 1. The van der Waals surface area contributed by atoms with Gasteiger partial charge in [0.25, 0.3) is 5.91 Å². The third-order valence-electron chi connectivity index (χ3n) is 2.98. The number of rotatable bonds is 4. The molecular weight excluding hydrogens is 264 g/mol. The van der Waals surface area contributed by atoms with Crippen LogP contribution in [0.2, 0.25) is 0 Å². The van der Waals surface area contributed by atoms with Crippen molar-refractivity contribution >= 4 is 17.2 Å². The summed E-state index contributed by atoms with van der Waals surface area (Å²) < 4.78 is 10.7. The fraction of sp³-hybridized carbons (Fsp3) is 0.385. The Morgan fingerprint density at radius 2 is 2.53 bits per heavy atom. The minimum atomic E-state index is -0.162. The molecule has 0 radical (unpaired) electrons. The first-order valence-electron chi connectivity index (χ1n) is 6.22. The van der Waals surface area contributed by atoms with Crippen molar-refractivity contribution in [1.82, 2.24) is 10.3 Å². The average molecular weight is 278 g/mol. The number of carbonyl (C=O) groups is 1. The van der Waals surface area contributed by atoms with E-state index in [1.165, 1.54) is 11.3 Å². The number of aromatic nitrogens is 1. The topological polar surface area (TPSA) is 64.4 Å². The van der Waals surface area contributed by atoms with Crippen LogP contribution in [-0.4, -0.2) is 30.1 Å². The summed E-state index contributed by atoms with van der Waals surface area (Å²) in [6, 6.07) is 3.63. The maximum absolute atomic E-state index is 11.9. The fourth-order valence-corrected chi connectivity index (χ4v) is 2.76. The van der Waals surface area contributed by atoms with Crippen molar-refractivity contribution in [2.75, 3.05) is 13.2 Å². The molecule has 0 bridgehead atoms. The van der Waals surface area contributed by atoms with E-state index in [0.717, 1.165) is 19.4 Å². The number of nitrogens with zero attached hydrogens (tertiary/aromatic N) is 1. The highest BCUT2D eigenvalue weighted by molar-refractivity contribution is 7.13. The van der Waals surface area contributed by atoms with E-state index in [1.807, 2.05) is 6.07 Å². The van der Waals surface area contributed by atoms with Gasteiger partial charge in [-0.15, -0.1) is 11.3 Å². The van der Waals surface area contributed by atoms with E-state index in [0.29, 0.717) is 23.0 Å². The number of hydrogen-bond acceptors (Lipinski definition) is 5. The van der Waals surface area contributed by atoms with Crippen molar-refractivity contribution in [2.45, 2.75) is 18.9 Å². The second kappa shape index (κ2) is 5.54. The number of hydrogen-bond donors (Lipinski definition) is 1. The van der Waals surface area contributed by atoms with Gasteiger partial charge < -0.3 is 14.5 Å². The highest BCUT2D eigenvalue weighted by Gasteiger charge is 2.18. The number of amides is 1. The summed E-state index contributed by atoms with van der Waals surface area (Å²) in [6.45, 7) is 1.34. The molecule has 6 heteroatoms. The minimum Gasteiger partial charge on any atom is -0.462 e. The molecule has 0 aromatic carbocycles. The summed E-state index contributed by atoms with van der Waals surface area (Å²) >= 11 is 1.40. The second-order valence-corrected chi connectivity index (χ2v) is 5.22. The van der Waals surface area contributed by atoms with E-state index in [9.17, 15) is 4.79 Å².